The molecular weight excluding hydrogens is 274 g/mol. The van der Waals surface area contributed by atoms with Gasteiger partial charge in [0.25, 0.3) is 0 Å². The molecule has 2 aromatic heterocycles. The molecule has 0 aliphatic heterocycles. The molecule has 2 heterocycles. The normalized spacial score (nSPS) is 10.7. The molecule has 6 nitrogen and oxygen atoms in total. The highest BCUT2D eigenvalue weighted by Crippen LogP contribution is 2.27. The summed E-state index contributed by atoms with van der Waals surface area (Å²) in [5, 5.41) is 15.8. The van der Waals surface area contributed by atoms with Crippen LogP contribution in [0.5, 0.6) is 5.75 Å². The lowest BCUT2D eigenvalue weighted by atomic mass is 10.1. The number of tetrazole rings is 1. The second-order valence-corrected chi connectivity index (χ2v) is 4.90. The molecule has 0 spiro atoms. The lowest BCUT2D eigenvalue weighted by Crippen LogP contribution is -2.00. The number of nitrogens with two attached hydrogens (primary N) is 1. The highest BCUT2D eigenvalue weighted by atomic mass is 32.1. The van der Waals surface area contributed by atoms with Gasteiger partial charge in [0, 0.05) is 22.7 Å². The summed E-state index contributed by atoms with van der Waals surface area (Å²) in [5.74, 6) is 1.35. The Morgan fingerprint density at radius 2 is 2.25 bits per heavy atom. The van der Waals surface area contributed by atoms with Crippen molar-refractivity contribution in [3.05, 3.63) is 35.0 Å². The maximum absolute atomic E-state index is 5.91. The van der Waals surface area contributed by atoms with Crippen LogP contribution in [-0.4, -0.2) is 26.8 Å². The second-order valence-electron chi connectivity index (χ2n) is 4.12. The number of rotatable bonds is 4. The van der Waals surface area contributed by atoms with Gasteiger partial charge in [-0.05, 0) is 40.9 Å². The highest BCUT2D eigenvalue weighted by Gasteiger charge is 2.12. The molecule has 0 atom stereocenters. The van der Waals surface area contributed by atoms with E-state index in [1.54, 1.807) is 22.1 Å². The van der Waals surface area contributed by atoms with Crippen LogP contribution in [0.25, 0.3) is 17.1 Å². The maximum Gasteiger partial charge on any atom is 0.187 e. The van der Waals surface area contributed by atoms with E-state index < -0.39 is 0 Å². The van der Waals surface area contributed by atoms with Gasteiger partial charge >= 0.3 is 0 Å². The molecule has 0 saturated carbocycles. The van der Waals surface area contributed by atoms with Crippen LogP contribution >= 0.6 is 11.3 Å². The molecule has 0 bridgehead atoms. The molecule has 3 rings (SSSR count). The van der Waals surface area contributed by atoms with Crippen LogP contribution < -0.4 is 10.5 Å². The van der Waals surface area contributed by atoms with Gasteiger partial charge < -0.3 is 10.5 Å². The van der Waals surface area contributed by atoms with E-state index in [2.05, 4.69) is 15.5 Å². The Bertz CT molecular complexity index is 707. The summed E-state index contributed by atoms with van der Waals surface area (Å²) in [7, 11) is 0. The number of thiophene rings is 1. The number of benzene rings is 1. The van der Waals surface area contributed by atoms with E-state index in [4.69, 9.17) is 10.5 Å². The fourth-order valence-electron chi connectivity index (χ4n) is 1.92. The summed E-state index contributed by atoms with van der Waals surface area (Å²) in [6.07, 6.45) is 0. The fraction of sp³-hybridized carbons (Fsp3) is 0.154. The summed E-state index contributed by atoms with van der Waals surface area (Å²) >= 11 is 1.59. The minimum atomic E-state index is 0.582. The number of nitrogen functional groups attached to an aromatic ring is 1. The largest absolute Gasteiger partial charge is 0.494 e. The van der Waals surface area contributed by atoms with Gasteiger partial charge in [0.1, 0.15) is 5.75 Å². The van der Waals surface area contributed by atoms with Gasteiger partial charge in [-0.1, -0.05) is 0 Å². The van der Waals surface area contributed by atoms with Gasteiger partial charge in [0.15, 0.2) is 5.82 Å². The van der Waals surface area contributed by atoms with Crippen LogP contribution in [0, 0.1) is 0 Å². The Morgan fingerprint density at radius 1 is 1.35 bits per heavy atom. The number of anilines is 1. The van der Waals surface area contributed by atoms with Crippen molar-refractivity contribution >= 4 is 17.0 Å². The van der Waals surface area contributed by atoms with Crippen LogP contribution in [0.4, 0.5) is 5.69 Å². The number of ether oxygens (including phenoxy) is 1. The third kappa shape index (κ3) is 2.35. The number of aromatic nitrogens is 4. The Kier molecular flexibility index (Phi) is 3.34. The van der Waals surface area contributed by atoms with Crippen LogP contribution in [0.1, 0.15) is 6.92 Å². The SMILES string of the molecule is CCOc1cc(N)cc(-c2nnnn2-c2ccsc2)c1. The van der Waals surface area contributed by atoms with Gasteiger partial charge in [0.05, 0.1) is 12.3 Å². The zero-order valence-electron chi connectivity index (χ0n) is 10.9. The minimum Gasteiger partial charge on any atom is -0.494 e. The lowest BCUT2D eigenvalue weighted by Gasteiger charge is -2.08. The first-order valence-corrected chi connectivity index (χ1v) is 7.07. The van der Waals surface area contributed by atoms with E-state index in [9.17, 15) is 0 Å². The summed E-state index contributed by atoms with van der Waals surface area (Å²) < 4.78 is 7.18. The van der Waals surface area contributed by atoms with Crippen LogP contribution in [0.3, 0.4) is 0 Å². The van der Waals surface area contributed by atoms with E-state index in [1.807, 2.05) is 35.9 Å². The predicted molar refractivity (Wildman–Crippen MR) is 78.0 cm³/mol. The molecule has 0 saturated heterocycles. The van der Waals surface area contributed by atoms with Crippen molar-refractivity contribution < 1.29 is 4.74 Å². The molecule has 1 aromatic carbocycles. The van der Waals surface area contributed by atoms with E-state index in [0.717, 1.165) is 11.3 Å². The molecule has 0 fully saturated rings. The molecule has 0 radical (unpaired) electrons. The minimum absolute atomic E-state index is 0.582. The van der Waals surface area contributed by atoms with Crippen molar-refractivity contribution in [3.63, 3.8) is 0 Å². The van der Waals surface area contributed by atoms with E-state index in [0.29, 0.717) is 23.9 Å². The molecule has 0 unspecified atom stereocenters. The Hall–Kier alpha value is -2.41. The summed E-state index contributed by atoms with van der Waals surface area (Å²) in [4.78, 5) is 0. The van der Waals surface area contributed by atoms with Crippen molar-refractivity contribution in [2.45, 2.75) is 6.92 Å². The Labute approximate surface area is 119 Å². The van der Waals surface area contributed by atoms with Crippen LogP contribution in [-0.2, 0) is 0 Å². The van der Waals surface area contributed by atoms with Crippen molar-refractivity contribution in [2.75, 3.05) is 12.3 Å². The second kappa shape index (κ2) is 5.30. The first kappa shape index (κ1) is 12.6. The smallest absolute Gasteiger partial charge is 0.187 e. The topological polar surface area (TPSA) is 78.8 Å². The van der Waals surface area contributed by atoms with Crippen molar-refractivity contribution in [3.8, 4) is 22.8 Å². The van der Waals surface area contributed by atoms with Crippen molar-refractivity contribution in [1.29, 1.82) is 0 Å². The van der Waals surface area contributed by atoms with Gasteiger partial charge in [0.2, 0.25) is 0 Å². The fourth-order valence-corrected chi connectivity index (χ4v) is 2.53. The standard InChI is InChI=1S/C13H13N5OS/c1-2-19-12-6-9(5-10(14)7-12)13-15-16-17-18(13)11-3-4-20-8-11/h3-8H,2,14H2,1H3. The number of hydrogen-bond donors (Lipinski definition) is 1. The average molecular weight is 287 g/mol. The first-order chi connectivity index (χ1) is 9.78. The molecule has 102 valence electrons. The first-order valence-electron chi connectivity index (χ1n) is 6.12. The zero-order chi connectivity index (χ0) is 13.9. The maximum atomic E-state index is 5.91. The quantitative estimate of drug-likeness (QED) is 0.745. The van der Waals surface area contributed by atoms with E-state index in [-0.39, 0.29) is 0 Å². The van der Waals surface area contributed by atoms with Gasteiger partial charge in [-0.3, -0.25) is 0 Å². The van der Waals surface area contributed by atoms with Gasteiger partial charge in [-0.15, -0.1) is 5.10 Å². The molecule has 20 heavy (non-hydrogen) atoms. The van der Waals surface area contributed by atoms with Crippen molar-refractivity contribution in [1.82, 2.24) is 20.2 Å². The number of nitrogens with zero attached hydrogens (tertiary/aromatic N) is 4. The molecule has 3 aromatic rings. The molecule has 0 aliphatic rings. The Balaban J connectivity index is 2.08. The van der Waals surface area contributed by atoms with E-state index >= 15 is 0 Å². The molecular formula is C13H13N5OS. The molecule has 0 amide bonds. The molecule has 7 heteroatoms. The van der Waals surface area contributed by atoms with Crippen LogP contribution in [0.15, 0.2) is 35.0 Å². The third-order valence-corrected chi connectivity index (χ3v) is 3.39. The summed E-state index contributed by atoms with van der Waals surface area (Å²) in [6, 6.07) is 7.46. The summed E-state index contributed by atoms with van der Waals surface area (Å²) in [5.41, 5.74) is 8.28. The average Bonchev–Trinajstić information content (AvgIpc) is 3.09. The van der Waals surface area contributed by atoms with Crippen molar-refractivity contribution in [2.24, 2.45) is 0 Å². The van der Waals surface area contributed by atoms with E-state index in [1.165, 1.54) is 0 Å². The summed E-state index contributed by atoms with van der Waals surface area (Å²) in [6.45, 7) is 2.51. The molecule has 0 aliphatic carbocycles. The zero-order valence-corrected chi connectivity index (χ0v) is 11.7. The predicted octanol–water partition coefficient (Wildman–Crippen LogP) is 2.37. The lowest BCUT2D eigenvalue weighted by molar-refractivity contribution is 0.340. The third-order valence-electron chi connectivity index (χ3n) is 2.72. The van der Waals surface area contributed by atoms with Gasteiger partial charge in [-0.2, -0.15) is 16.0 Å². The highest BCUT2D eigenvalue weighted by molar-refractivity contribution is 7.08. The number of hydrogen-bond acceptors (Lipinski definition) is 6. The van der Waals surface area contributed by atoms with Crippen LogP contribution in [0.2, 0.25) is 0 Å². The van der Waals surface area contributed by atoms with Gasteiger partial charge in [-0.25, -0.2) is 0 Å². The monoisotopic (exact) mass is 287 g/mol. The Morgan fingerprint density at radius 3 is 3.00 bits per heavy atom. The molecule has 2 N–H and O–H groups in total.